The highest BCUT2D eigenvalue weighted by molar-refractivity contribution is 6.13. The molecule has 0 aliphatic heterocycles. The van der Waals surface area contributed by atoms with Gasteiger partial charge in [0.1, 0.15) is 0 Å². The van der Waals surface area contributed by atoms with Gasteiger partial charge in [-0.25, -0.2) is 9.69 Å². The number of rotatable bonds is 5. The molecule has 0 saturated heterocycles. The molecule has 9 heteroatoms. The second-order valence-electron chi connectivity index (χ2n) is 14.9. The molecule has 0 N–H and O–H groups in total. The third kappa shape index (κ3) is 6.01. The molecule has 0 fully saturated rings. The Kier molecular flexibility index (Phi) is 8.70. The number of halogens is 3. The van der Waals surface area contributed by atoms with Gasteiger partial charge in [-0.2, -0.15) is 23.7 Å². The molecule has 10 aromatic rings. The van der Waals surface area contributed by atoms with Crippen molar-refractivity contribution in [3.63, 3.8) is 0 Å². The van der Waals surface area contributed by atoms with Gasteiger partial charge in [0.25, 0.3) is 0 Å². The molecule has 0 spiro atoms. The van der Waals surface area contributed by atoms with E-state index in [2.05, 4.69) is 21.8 Å². The van der Waals surface area contributed by atoms with E-state index in [1.54, 1.807) is 24.3 Å². The third-order valence-corrected chi connectivity index (χ3v) is 11.4. The third-order valence-electron chi connectivity index (χ3n) is 11.4. The molecule has 0 saturated carbocycles. The van der Waals surface area contributed by atoms with Crippen LogP contribution in [-0.4, -0.2) is 9.13 Å². The first-order chi connectivity index (χ1) is 30.2. The number of aromatic nitrogens is 2. The summed E-state index contributed by atoms with van der Waals surface area (Å²) >= 11 is 0. The number of alkyl halides is 3. The first-order valence-electron chi connectivity index (χ1n) is 19.4. The largest absolute Gasteiger partial charge is 0.415 e. The van der Waals surface area contributed by atoms with Gasteiger partial charge in [0.15, 0.2) is 11.4 Å². The van der Waals surface area contributed by atoms with Crippen molar-refractivity contribution in [1.82, 2.24) is 9.13 Å². The number of hydrogen-bond acceptors (Lipinski definition) is 2. The Morgan fingerprint density at radius 2 is 1.00 bits per heavy atom. The summed E-state index contributed by atoms with van der Waals surface area (Å²) in [5.41, 5.74) is 8.07. The number of benzene rings is 8. The number of para-hydroxylation sites is 2. The van der Waals surface area contributed by atoms with E-state index in [0.29, 0.717) is 28.2 Å². The summed E-state index contributed by atoms with van der Waals surface area (Å²) in [4.78, 5) is 7.35. The van der Waals surface area contributed by atoms with E-state index >= 15 is 0 Å². The zero-order chi connectivity index (χ0) is 42.7. The van der Waals surface area contributed by atoms with Crippen LogP contribution in [0.1, 0.15) is 16.7 Å². The molecule has 290 valence electrons. The topological polar surface area (TPSA) is 66.2 Å². The van der Waals surface area contributed by atoms with E-state index in [9.17, 15) is 23.7 Å². The number of fused-ring (bicyclic) bond motifs is 6. The van der Waals surface area contributed by atoms with Crippen LogP contribution in [0.4, 0.5) is 24.5 Å². The zero-order valence-corrected chi connectivity index (χ0v) is 32.4. The second kappa shape index (κ2) is 14.4. The second-order valence-corrected chi connectivity index (χ2v) is 14.9. The molecular weight excluding hydrogens is 778 g/mol. The van der Waals surface area contributed by atoms with E-state index < -0.39 is 11.7 Å². The predicted molar refractivity (Wildman–Crippen MR) is 238 cm³/mol. The maximum atomic E-state index is 14.3. The maximum Gasteiger partial charge on any atom is 0.415 e. The number of nitrogens with zero attached hydrogens (tertiary/aromatic N) is 6. The number of hydrogen-bond donors (Lipinski definition) is 0. The molecule has 62 heavy (non-hydrogen) atoms. The molecule has 2 heterocycles. The first-order valence-corrected chi connectivity index (χ1v) is 19.4. The maximum absolute atomic E-state index is 14.3. The summed E-state index contributed by atoms with van der Waals surface area (Å²) in [6.45, 7) is 15.9. The van der Waals surface area contributed by atoms with Crippen LogP contribution in [0.15, 0.2) is 164 Å². The van der Waals surface area contributed by atoms with Crippen molar-refractivity contribution >= 4 is 55.0 Å². The summed E-state index contributed by atoms with van der Waals surface area (Å²) in [5, 5.41) is 24.1. The van der Waals surface area contributed by atoms with Crippen molar-refractivity contribution in [2.45, 2.75) is 6.18 Å². The zero-order valence-electron chi connectivity index (χ0n) is 32.4. The van der Waals surface area contributed by atoms with Gasteiger partial charge < -0.3 is 9.13 Å². The van der Waals surface area contributed by atoms with E-state index in [-0.39, 0.29) is 16.8 Å². The molecule has 0 unspecified atom stereocenters. The van der Waals surface area contributed by atoms with Crippen LogP contribution >= 0.6 is 0 Å². The average Bonchev–Trinajstić information content (AvgIpc) is 3.82. The van der Waals surface area contributed by atoms with E-state index in [1.807, 2.05) is 130 Å². The minimum atomic E-state index is -4.70. The van der Waals surface area contributed by atoms with Crippen LogP contribution in [0.5, 0.6) is 0 Å². The highest BCUT2D eigenvalue weighted by atomic mass is 19.4. The molecule has 0 radical (unpaired) electrons. The quantitative estimate of drug-likeness (QED) is 0.163. The van der Waals surface area contributed by atoms with Crippen molar-refractivity contribution in [2.24, 2.45) is 0 Å². The lowest BCUT2D eigenvalue weighted by Crippen LogP contribution is -2.07. The molecular formula is C53H27F3N6. The van der Waals surface area contributed by atoms with Gasteiger partial charge in [0.2, 0.25) is 0 Å². The molecule has 2 aromatic heterocycles. The van der Waals surface area contributed by atoms with Crippen LogP contribution in [-0.2, 0) is 6.18 Å². The van der Waals surface area contributed by atoms with Crippen LogP contribution in [0, 0.1) is 35.8 Å². The fourth-order valence-electron chi connectivity index (χ4n) is 8.66. The van der Waals surface area contributed by atoms with Crippen molar-refractivity contribution in [3.05, 3.63) is 203 Å². The molecule has 0 aliphatic rings. The molecule has 6 nitrogen and oxygen atoms in total. The van der Waals surface area contributed by atoms with Gasteiger partial charge in [-0.15, -0.1) is 0 Å². The minimum Gasteiger partial charge on any atom is -0.309 e. The fourth-order valence-corrected chi connectivity index (χ4v) is 8.66. The smallest absolute Gasteiger partial charge is 0.309 e. The molecule has 0 aliphatic carbocycles. The van der Waals surface area contributed by atoms with Gasteiger partial charge >= 0.3 is 6.18 Å². The first kappa shape index (κ1) is 37.4. The number of nitriles is 2. The van der Waals surface area contributed by atoms with Crippen LogP contribution < -0.4 is 0 Å². The predicted octanol–water partition coefficient (Wildman–Crippen LogP) is 14.7. The van der Waals surface area contributed by atoms with Crippen molar-refractivity contribution in [3.8, 4) is 56.9 Å². The van der Waals surface area contributed by atoms with Crippen molar-refractivity contribution in [2.75, 3.05) is 0 Å². The standard InChI is InChI=1S/C53H27F3N6/c1-59-39-12-8-11-35(26-39)37-18-21-43-41-14-4-6-16-47(41)62(49(43)28-37)51-25-33(31-58)24-50(52(51)44-22-19-38(53(54,55)56)29-45(44)60-2)61-46-15-5-3-13-40(46)42-20-17-36(27-48(42)61)34-10-7-9-32(23-34)30-57/h3-29H. The Balaban J connectivity index is 1.38. The Morgan fingerprint density at radius 3 is 1.55 bits per heavy atom. The Morgan fingerprint density at radius 1 is 0.468 bits per heavy atom. The Bertz CT molecular complexity index is 3500. The lowest BCUT2D eigenvalue weighted by molar-refractivity contribution is -0.137. The summed E-state index contributed by atoms with van der Waals surface area (Å²) in [6, 6.07) is 53.5. The Hall–Kier alpha value is -8.89. The lowest BCUT2D eigenvalue weighted by Gasteiger charge is -2.22. The van der Waals surface area contributed by atoms with Crippen molar-refractivity contribution < 1.29 is 13.2 Å². The van der Waals surface area contributed by atoms with Gasteiger partial charge in [-0.3, -0.25) is 0 Å². The SMILES string of the molecule is [C-]#[N+]c1cccc(-c2ccc3c4ccccc4n(-c4cc(C#N)cc(-n5c6ccccc6c6ccc(-c7cccc(C#N)c7)cc65)c4-c4ccc(C(F)(F)F)cc4[N+]#[C-])c3c2)c1. The summed E-state index contributed by atoms with van der Waals surface area (Å²) in [7, 11) is 0. The van der Waals surface area contributed by atoms with Gasteiger partial charge in [0, 0.05) is 32.7 Å². The van der Waals surface area contributed by atoms with Crippen LogP contribution in [0.2, 0.25) is 0 Å². The lowest BCUT2D eigenvalue weighted by atomic mass is 9.95. The van der Waals surface area contributed by atoms with E-state index in [1.165, 1.54) is 6.07 Å². The van der Waals surface area contributed by atoms with Crippen LogP contribution in [0.3, 0.4) is 0 Å². The molecule has 8 aromatic carbocycles. The summed E-state index contributed by atoms with van der Waals surface area (Å²) in [5.74, 6) is 0. The van der Waals surface area contributed by atoms with Gasteiger partial charge in [-0.05, 0) is 88.5 Å². The molecule has 10 rings (SSSR count). The normalized spacial score (nSPS) is 11.4. The molecule has 0 amide bonds. The summed E-state index contributed by atoms with van der Waals surface area (Å²) < 4.78 is 47.0. The molecule has 0 bridgehead atoms. The minimum absolute atomic E-state index is 0.209. The van der Waals surface area contributed by atoms with Gasteiger partial charge in [-0.1, -0.05) is 103 Å². The van der Waals surface area contributed by atoms with E-state index in [0.717, 1.165) is 78.0 Å². The van der Waals surface area contributed by atoms with Crippen molar-refractivity contribution in [1.29, 1.82) is 10.5 Å². The fraction of sp³-hybridized carbons (Fsp3) is 0.0189. The molecule has 0 atom stereocenters. The highest BCUT2D eigenvalue weighted by Crippen LogP contribution is 2.47. The average molecular weight is 805 g/mol. The Labute approximate surface area is 353 Å². The van der Waals surface area contributed by atoms with E-state index in [4.69, 9.17) is 13.1 Å². The van der Waals surface area contributed by atoms with Crippen LogP contribution in [0.25, 0.3) is 98.1 Å². The highest BCUT2D eigenvalue weighted by Gasteiger charge is 2.32. The van der Waals surface area contributed by atoms with Gasteiger partial charge in [0.05, 0.1) is 69.9 Å². The summed E-state index contributed by atoms with van der Waals surface area (Å²) in [6.07, 6.45) is -4.70. The monoisotopic (exact) mass is 804 g/mol.